The van der Waals surface area contributed by atoms with E-state index < -0.39 is 0 Å². The summed E-state index contributed by atoms with van der Waals surface area (Å²) < 4.78 is 10.7. The van der Waals surface area contributed by atoms with Gasteiger partial charge >= 0.3 is 0 Å². The third-order valence-corrected chi connectivity index (χ3v) is 4.24. The van der Waals surface area contributed by atoms with E-state index in [0.717, 1.165) is 25.1 Å². The summed E-state index contributed by atoms with van der Waals surface area (Å²) in [6.45, 7) is 11.2. The Morgan fingerprint density at radius 1 is 1.13 bits per heavy atom. The monoisotopic (exact) mass is 320 g/mol. The van der Waals surface area contributed by atoms with E-state index in [0.29, 0.717) is 19.3 Å². The van der Waals surface area contributed by atoms with Crippen LogP contribution in [0.15, 0.2) is 24.3 Å². The van der Waals surface area contributed by atoms with E-state index >= 15 is 0 Å². The molecule has 2 rings (SSSR count). The van der Waals surface area contributed by atoms with Gasteiger partial charge in [0.1, 0.15) is 12.4 Å². The summed E-state index contributed by atoms with van der Waals surface area (Å²) in [7, 11) is 1.69. The largest absolute Gasteiger partial charge is 0.491 e. The van der Waals surface area contributed by atoms with Crippen LogP contribution >= 0.6 is 0 Å². The summed E-state index contributed by atoms with van der Waals surface area (Å²) >= 11 is 0. The molecule has 0 saturated carbocycles. The van der Waals surface area contributed by atoms with E-state index in [2.05, 4.69) is 56.5 Å². The number of ether oxygens (including phenoxy) is 2. The summed E-state index contributed by atoms with van der Waals surface area (Å²) in [6.07, 6.45) is 2.28. The van der Waals surface area contributed by atoms with E-state index in [1.54, 1.807) is 7.11 Å². The molecule has 0 bridgehead atoms. The predicted molar refractivity (Wildman–Crippen MR) is 95.0 cm³/mol. The van der Waals surface area contributed by atoms with Crippen molar-refractivity contribution in [2.24, 2.45) is 0 Å². The molecule has 1 aliphatic rings. The zero-order valence-corrected chi connectivity index (χ0v) is 15.2. The van der Waals surface area contributed by atoms with E-state index in [1.165, 1.54) is 5.56 Å². The second kappa shape index (κ2) is 7.65. The van der Waals surface area contributed by atoms with Gasteiger partial charge in [-0.15, -0.1) is 0 Å². The maximum absolute atomic E-state index is 5.68. The summed E-state index contributed by atoms with van der Waals surface area (Å²) in [5.74, 6) is 0.910. The molecule has 0 unspecified atom stereocenters. The van der Waals surface area contributed by atoms with Crippen LogP contribution in [0, 0.1) is 0 Å². The number of hydrogen-bond donors (Lipinski definition) is 2. The first-order chi connectivity index (χ1) is 10.8. The highest BCUT2D eigenvalue weighted by molar-refractivity contribution is 5.28. The summed E-state index contributed by atoms with van der Waals surface area (Å²) in [5.41, 5.74) is 1.60. The molecule has 0 aliphatic carbocycles. The van der Waals surface area contributed by atoms with Gasteiger partial charge in [0.05, 0.1) is 6.61 Å². The van der Waals surface area contributed by atoms with Crippen molar-refractivity contribution in [1.29, 1.82) is 0 Å². The highest BCUT2D eigenvalue weighted by atomic mass is 16.5. The third-order valence-electron chi connectivity index (χ3n) is 4.24. The number of methoxy groups -OCH3 is 1. The van der Waals surface area contributed by atoms with Gasteiger partial charge < -0.3 is 20.1 Å². The second-order valence-electron chi connectivity index (χ2n) is 7.87. The van der Waals surface area contributed by atoms with E-state index in [-0.39, 0.29) is 11.1 Å². The Morgan fingerprint density at radius 2 is 1.83 bits per heavy atom. The van der Waals surface area contributed by atoms with Gasteiger partial charge in [0.2, 0.25) is 0 Å². The Balaban J connectivity index is 1.89. The lowest BCUT2D eigenvalue weighted by molar-refractivity contribution is 0.145. The van der Waals surface area contributed by atoms with Crippen LogP contribution in [0.1, 0.15) is 46.1 Å². The van der Waals surface area contributed by atoms with Gasteiger partial charge in [-0.3, -0.25) is 0 Å². The minimum absolute atomic E-state index is 0.171. The second-order valence-corrected chi connectivity index (χ2v) is 7.87. The van der Waals surface area contributed by atoms with Gasteiger partial charge in [-0.1, -0.05) is 12.1 Å². The molecule has 1 aromatic carbocycles. The van der Waals surface area contributed by atoms with Crippen LogP contribution < -0.4 is 15.4 Å². The molecule has 0 spiro atoms. The molecule has 1 heterocycles. The maximum atomic E-state index is 5.68. The topological polar surface area (TPSA) is 42.5 Å². The average molecular weight is 320 g/mol. The first-order valence-corrected chi connectivity index (χ1v) is 8.53. The zero-order valence-electron chi connectivity index (χ0n) is 15.2. The fourth-order valence-corrected chi connectivity index (χ4v) is 3.72. The number of rotatable bonds is 7. The Kier molecular flexibility index (Phi) is 6.06. The van der Waals surface area contributed by atoms with Crippen molar-refractivity contribution < 1.29 is 9.47 Å². The molecule has 23 heavy (non-hydrogen) atoms. The zero-order chi connectivity index (χ0) is 16.9. The Bertz CT molecular complexity index is 484. The minimum atomic E-state index is 0.171. The number of piperidine rings is 1. The van der Waals surface area contributed by atoms with Crippen LogP contribution in [0.3, 0.4) is 0 Å². The Labute approximate surface area is 140 Å². The van der Waals surface area contributed by atoms with E-state index in [1.807, 2.05) is 6.07 Å². The lowest BCUT2D eigenvalue weighted by Gasteiger charge is -2.46. The molecule has 1 aromatic rings. The van der Waals surface area contributed by atoms with Crippen molar-refractivity contribution in [2.75, 3.05) is 20.3 Å². The molecule has 0 aromatic heterocycles. The van der Waals surface area contributed by atoms with Crippen molar-refractivity contribution in [1.82, 2.24) is 10.6 Å². The molecule has 1 aliphatic heterocycles. The van der Waals surface area contributed by atoms with Gasteiger partial charge in [0.25, 0.3) is 0 Å². The predicted octanol–water partition coefficient (Wildman–Crippen LogP) is 3.11. The fourth-order valence-electron chi connectivity index (χ4n) is 3.72. The minimum Gasteiger partial charge on any atom is -0.491 e. The molecule has 2 N–H and O–H groups in total. The van der Waals surface area contributed by atoms with Gasteiger partial charge in [0.15, 0.2) is 0 Å². The highest BCUT2D eigenvalue weighted by Crippen LogP contribution is 2.28. The first-order valence-electron chi connectivity index (χ1n) is 8.53. The lowest BCUT2D eigenvalue weighted by Crippen LogP contribution is -2.61. The van der Waals surface area contributed by atoms with Gasteiger partial charge in [-0.25, -0.2) is 0 Å². The van der Waals surface area contributed by atoms with Crippen molar-refractivity contribution in [2.45, 2.75) is 64.2 Å². The molecule has 0 radical (unpaired) electrons. The van der Waals surface area contributed by atoms with Crippen LogP contribution in [0.4, 0.5) is 0 Å². The lowest BCUT2D eigenvalue weighted by atomic mass is 9.79. The molecular weight excluding hydrogens is 288 g/mol. The Hall–Kier alpha value is -1.10. The molecular formula is C19H32N2O2. The van der Waals surface area contributed by atoms with E-state index in [4.69, 9.17) is 9.47 Å². The fraction of sp³-hybridized carbons (Fsp3) is 0.684. The summed E-state index contributed by atoms with van der Waals surface area (Å²) in [5, 5.41) is 7.45. The summed E-state index contributed by atoms with van der Waals surface area (Å²) in [4.78, 5) is 0. The molecule has 0 atom stereocenters. The molecule has 1 fully saturated rings. The van der Waals surface area contributed by atoms with Crippen LogP contribution in [0.5, 0.6) is 5.75 Å². The third kappa shape index (κ3) is 6.13. The SMILES string of the molecule is COCCOc1cccc(CNC2CC(C)(C)NC(C)(C)C2)c1. The van der Waals surface area contributed by atoms with Crippen LogP contribution in [0.25, 0.3) is 0 Å². The Morgan fingerprint density at radius 3 is 2.48 bits per heavy atom. The molecule has 130 valence electrons. The maximum Gasteiger partial charge on any atom is 0.119 e. The number of hydrogen-bond acceptors (Lipinski definition) is 4. The normalized spacial score (nSPS) is 20.4. The van der Waals surface area contributed by atoms with Crippen LogP contribution in [-0.2, 0) is 11.3 Å². The number of benzene rings is 1. The van der Waals surface area contributed by atoms with Crippen molar-refractivity contribution in [3.05, 3.63) is 29.8 Å². The van der Waals surface area contributed by atoms with Crippen molar-refractivity contribution >= 4 is 0 Å². The molecule has 4 nitrogen and oxygen atoms in total. The standard InChI is InChI=1S/C19H32N2O2/c1-18(2)12-16(13-19(3,4)21-18)20-14-15-7-6-8-17(11-15)23-10-9-22-5/h6-8,11,16,20-21H,9-10,12-14H2,1-5H3. The summed E-state index contributed by atoms with van der Waals surface area (Å²) in [6, 6.07) is 8.83. The molecule has 0 amide bonds. The van der Waals surface area contributed by atoms with Gasteiger partial charge in [-0.05, 0) is 58.2 Å². The van der Waals surface area contributed by atoms with Crippen LogP contribution in [-0.4, -0.2) is 37.4 Å². The van der Waals surface area contributed by atoms with E-state index in [9.17, 15) is 0 Å². The first kappa shape index (κ1) is 18.2. The van der Waals surface area contributed by atoms with Gasteiger partial charge in [0, 0.05) is 30.8 Å². The molecule has 1 saturated heterocycles. The van der Waals surface area contributed by atoms with Crippen molar-refractivity contribution in [3.63, 3.8) is 0 Å². The van der Waals surface area contributed by atoms with Crippen molar-refractivity contribution in [3.8, 4) is 5.75 Å². The molecule has 4 heteroatoms. The van der Waals surface area contributed by atoms with Gasteiger partial charge in [-0.2, -0.15) is 0 Å². The smallest absolute Gasteiger partial charge is 0.119 e. The van der Waals surface area contributed by atoms with Crippen LogP contribution in [0.2, 0.25) is 0 Å². The average Bonchev–Trinajstić information content (AvgIpc) is 2.43. The highest BCUT2D eigenvalue weighted by Gasteiger charge is 2.37. The quantitative estimate of drug-likeness (QED) is 0.758. The number of nitrogens with one attached hydrogen (secondary N) is 2.